The van der Waals surface area contributed by atoms with Gasteiger partial charge in [0.2, 0.25) is 0 Å². The van der Waals surface area contributed by atoms with Crippen LogP contribution < -0.4 is 5.32 Å². The minimum absolute atomic E-state index is 0.0837. The van der Waals surface area contributed by atoms with Crippen molar-refractivity contribution in [3.63, 3.8) is 0 Å². The molecule has 0 saturated heterocycles. The molecule has 2 heterocycles. The number of nitrogens with one attached hydrogen (secondary N) is 1. The molecule has 2 aromatic heterocycles. The Morgan fingerprint density at radius 3 is 2.74 bits per heavy atom. The van der Waals surface area contributed by atoms with Gasteiger partial charge in [0, 0.05) is 30.2 Å². The average Bonchev–Trinajstić information content (AvgIpc) is 2.48. The van der Waals surface area contributed by atoms with Crippen LogP contribution in [0.25, 0.3) is 11.3 Å². The van der Waals surface area contributed by atoms with Crippen LogP contribution in [0, 0.1) is 0 Å². The molecular formula is C15H17N3O. The Labute approximate surface area is 112 Å². The van der Waals surface area contributed by atoms with E-state index in [4.69, 9.17) is 0 Å². The van der Waals surface area contributed by atoms with Crippen LogP contribution in [0.15, 0.2) is 42.9 Å². The van der Waals surface area contributed by atoms with Gasteiger partial charge < -0.3 is 5.32 Å². The molecule has 0 fully saturated rings. The normalized spacial score (nSPS) is 11.9. The molecule has 0 aliphatic carbocycles. The van der Waals surface area contributed by atoms with Crippen molar-refractivity contribution in [3.05, 3.63) is 48.4 Å². The number of pyridine rings is 2. The summed E-state index contributed by atoms with van der Waals surface area (Å²) >= 11 is 0. The molecule has 1 amide bonds. The lowest BCUT2D eigenvalue weighted by atomic mass is 10.1. The molecule has 0 aliphatic rings. The van der Waals surface area contributed by atoms with Crippen molar-refractivity contribution in [1.29, 1.82) is 0 Å². The van der Waals surface area contributed by atoms with Gasteiger partial charge >= 0.3 is 0 Å². The molecule has 0 saturated carbocycles. The predicted molar refractivity (Wildman–Crippen MR) is 74.7 cm³/mol. The summed E-state index contributed by atoms with van der Waals surface area (Å²) in [7, 11) is 0. The van der Waals surface area contributed by atoms with Crippen LogP contribution in [0.3, 0.4) is 0 Å². The van der Waals surface area contributed by atoms with Gasteiger partial charge in [-0.1, -0.05) is 6.92 Å². The highest BCUT2D eigenvalue weighted by atomic mass is 16.1. The molecule has 0 spiro atoms. The van der Waals surface area contributed by atoms with E-state index in [1.54, 1.807) is 24.7 Å². The quantitative estimate of drug-likeness (QED) is 0.913. The Morgan fingerprint density at radius 1 is 1.32 bits per heavy atom. The summed E-state index contributed by atoms with van der Waals surface area (Å²) in [6.07, 6.45) is 5.98. The van der Waals surface area contributed by atoms with Gasteiger partial charge in [-0.25, -0.2) is 0 Å². The van der Waals surface area contributed by atoms with E-state index in [1.165, 1.54) is 0 Å². The van der Waals surface area contributed by atoms with Crippen molar-refractivity contribution < 1.29 is 4.79 Å². The van der Waals surface area contributed by atoms with Gasteiger partial charge in [0.25, 0.3) is 5.91 Å². The first kappa shape index (κ1) is 13.2. The lowest BCUT2D eigenvalue weighted by molar-refractivity contribution is 0.0939. The number of hydrogen-bond acceptors (Lipinski definition) is 3. The zero-order valence-corrected chi connectivity index (χ0v) is 11.1. The third kappa shape index (κ3) is 3.37. The van der Waals surface area contributed by atoms with E-state index >= 15 is 0 Å². The first-order chi connectivity index (χ1) is 9.20. The van der Waals surface area contributed by atoms with Crippen LogP contribution in [-0.2, 0) is 0 Å². The molecule has 2 aromatic rings. The summed E-state index contributed by atoms with van der Waals surface area (Å²) in [6, 6.07) is 7.59. The first-order valence-electron chi connectivity index (χ1n) is 6.38. The largest absolute Gasteiger partial charge is 0.350 e. The maximum absolute atomic E-state index is 11.9. The molecule has 19 heavy (non-hydrogen) atoms. The minimum Gasteiger partial charge on any atom is -0.350 e. The SMILES string of the molecule is CC[C@@H](C)NC(=O)c1ccc(-c2cccnc2)nc1. The molecule has 0 aliphatic heterocycles. The third-order valence-corrected chi connectivity index (χ3v) is 2.97. The van der Waals surface area contributed by atoms with Crippen molar-refractivity contribution in [2.75, 3.05) is 0 Å². The highest BCUT2D eigenvalue weighted by molar-refractivity contribution is 5.94. The molecule has 0 radical (unpaired) electrons. The monoisotopic (exact) mass is 255 g/mol. The van der Waals surface area contributed by atoms with E-state index < -0.39 is 0 Å². The number of hydrogen-bond donors (Lipinski definition) is 1. The topological polar surface area (TPSA) is 54.9 Å². The molecule has 0 bridgehead atoms. The Kier molecular flexibility index (Phi) is 4.23. The highest BCUT2D eigenvalue weighted by Crippen LogP contribution is 2.15. The number of nitrogens with zero attached hydrogens (tertiary/aromatic N) is 2. The standard InChI is InChI=1S/C15H17N3O/c1-3-11(2)18-15(19)13-6-7-14(17-10-13)12-5-4-8-16-9-12/h4-11H,3H2,1-2H3,(H,18,19)/t11-/m1/s1. The van der Waals surface area contributed by atoms with Crippen LogP contribution in [0.4, 0.5) is 0 Å². The van der Waals surface area contributed by atoms with E-state index in [1.807, 2.05) is 32.0 Å². The number of amides is 1. The molecule has 4 heteroatoms. The van der Waals surface area contributed by atoms with Crippen molar-refractivity contribution in [3.8, 4) is 11.3 Å². The van der Waals surface area contributed by atoms with Crippen LogP contribution in [-0.4, -0.2) is 21.9 Å². The lowest BCUT2D eigenvalue weighted by Gasteiger charge is -2.11. The molecule has 1 N–H and O–H groups in total. The molecule has 2 rings (SSSR count). The summed E-state index contributed by atoms with van der Waals surface area (Å²) in [5, 5.41) is 2.91. The van der Waals surface area contributed by atoms with Crippen LogP contribution in [0.1, 0.15) is 30.6 Å². The minimum atomic E-state index is -0.0837. The van der Waals surface area contributed by atoms with E-state index in [9.17, 15) is 4.79 Å². The second kappa shape index (κ2) is 6.09. The molecule has 0 unspecified atom stereocenters. The van der Waals surface area contributed by atoms with E-state index in [-0.39, 0.29) is 11.9 Å². The van der Waals surface area contributed by atoms with Crippen LogP contribution in [0.2, 0.25) is 0 Å². The smallest absolute Gasteiger partial charge is 0.253 e. The van der Waals surface area contributed by atoms with Crippen LogP contribution >= 0.6 is 0 Å². The predicted octanol–water partition coefficient (Wildman–Crippen LogP) is 2.67. The molecular weight excluding hydrogens is 238 g/mol. The number of carbonyl (C=O) groups excluding carboxylic acids is 1. The summed E-state index contributed by atoms with van der Waals surface area (Å²) in [6.45, 7) is 4.02. The fourth-order valence-corrected chi connectivity index (χ4v) is 1.62. The maximum atomic E-state index is 11.9. The summed E-state index contributed by atoms with van der Waals surface area (Å²) < 4.78 is 0. The van der Waals surface area contributed by atoms with Gasteiger partial charge in [-0.2, -0.15) is 0 Å². The second-order valence-electron chi connectivity index (χ2n) is 4.46. The molecule has 4 nitrogen and oxygen atoms in total. The van der Waals surface area contributed by atoms with E-state index in [0.717, 1.165) is 17.7 Å². The average molecular weight is 255 g/mol. The van der Waals surface area contributed by atoms with Crippen LogP contribution in [0.5, 0.6) is 0 Å². The molecule has 0 aromatic carbocycles. The fourth-order valence-electron chi connectivity index (χ4n) is 1.62. The van der Waals surface area contributed by atoms with Gasteiger partial charge in [-0.05, 0) is 37.6 Å². The number of carbonyl (C=O) groups is 1. The van der Waals surface area contributed by atoms with Gasteiger partial charge in [0.05, 0.1) is 11.3 Å². The van der Waals surface area contributed by atoms with Crippen molar-refractivity contribution in [2.24, 2.45) is 0 Å². The zero-order valence-electron chi connectivity index (χ0n) is 11.1. The number of aromatic nitrogens is 2. The Hall–Kier alpha value is -2.23. The highest BCUT2D eigenvalue weighted by Gasteiger charge is 2.09. The Balaban J connectivity index is 2.13. The fraction of sp³-hybridized carbons (Fsp3) is 0.267. The third-order valence-electron chi connectivity index (χ3n) is 2.97. The lowest BCUT2D eigenvalue weighted by Crippen LogP contribution is -2.31. The van der Waals surface area contributed by atoms with E-state index in [0.29, 0.717) is 5.56 Å². The second-order valence-corrected chi connectivity index (χ2v) is 4.46. The molecule has 98 valence electrons. The van der Waals surface area contributed by atoms with Crippen molar-refractivity contribution >= 4 is 5.91 Å². The van der Waals surface area contributed by atoms with Gasteiger partial charge in [0.1, 0.15) is 0 Å². The summed E-state index contributed by atoms with van der Waals surface area (Å²) in [5.41, 5.74) is 2.33. The first-order valence-corrected chi connectivity index (χ1v) is 6.38. The van der Waals surface area contributed by atoms with Crippen molar-refractivity contribution in [2.45, 2.75) is 26.3 Å². The van der Waals surface area contributed by atoms with Gasteiger partial charge in [0.15, 0.2) is 0 Å². The number of rotatable bonds is 4. The van der Waals surface area contributed by atoms with Gasteiger partial charge in [-0.15, -0.1) is 0 Å². The maximum Gasteiger partial charge on any atom is 0.253 e. The summed E-state index contributed by atoms with van der Waals surface area (Å²) in [4.78, 5) is 20.3. The Bertz CT molecular complexity index is 537. The summed E-state index contributed by atoms with van der Waals surface area (Å²) in [5.74, 6) is -0.0837. The molecule has 1 atom stereocenters. The zero-order chi connectivity index (χ0) is 13.7. The Morgan fingerprint density at radius 2 is 2.16 bits per heavy atom. The van der Waals surface area contributed by atoms with Gasteiger partial charge in [-0.3, -0.25) is 14.8 Å². The van der Waals surface area contributed by atoms with Crippen molar-refractivity contribution in [1.82, 2.24) is 15.3 Å². The van der Waals surface area contributed by atoms with E-state index in [2.05, 4.69) is 15.3 Å².